The molecule has 0 fully saturated rings. The fraction of sp³-hybridized carbons (Fsp3) is 0.471. The van der Waals surface area contributed by atoms with E-state index in [1.54, 1.807) is 16.0 Å². The Morgan fingerprint density at radius 2 is 2.24 bits per heavy atom. The Hall–Kier alpha value is -2.35. The largest absolute Gasteiger partial charge is 0.355 e. The first kappa shape index (κ1) is 16.1. The predicted octanol–water partition coefficient (Wildman–Crippen LogP) is 2.30. The third kappa shape index (κ3) is 3.53. The molecule has 0 aliphatic carbocycles. The zero-order chi connectivity index (χ0) is 17.1. The Morgan fingerprint density at radius 3 is 3.16 bits per heavy atom. The van der Waals surface area contributed by atoms with Crippen LogP contribution in [0.2, 0.25) is 0 Å². The lowest BCUT2D eigenvalue weighted by atomic mass is 10.0. The first-order chi connectivity index (χ1) is 12.3. The van der Waals surface area contributed by atoms with E-state index < -0.39 is 0 Å². The average molecular weight is 356 g/mol. The number of fused-ring (bicyclic) bond motifs is 2. The molecule has 1 aliphatic rings. The molecular weight excluding hydrogens is 336 g/mol. The van der Waals surface area contributed by atoms with Crippen molar-refractivity contribution in [2.75, 3.05) is 6.54 Å². The molecule has 1 N–H and O–H groups in total. The number of carbonyl (C=O) groups excluding carboxylic acids is 1. The van der Waals surface area contributed by atoms with E-state index >= 15 is 0 Å². The van der Waals surface area contributed by atoms with Crippen molar-refractivity contribution in [3.05, 3.63) is 35.1 Å². The number of tetrazole rings is 1. The van der Waals surface area contributed by atoms with Crippen LogP contribution < -0.4 is 5.32 Å². The lowest BCUT2D eigenvalue weighted by Crippen LogP contribution is -2.31. The van der Waals surface area contributed by atoms with Crippen molar-refractivity contribution in [1.29, 1.82) is 0 Å². The summed E-state index contributed by atoms with van der Waals surface area (Å²) in [4.78, 5) is 17.2. The Bertz CT molecular complexity index is 840. The molecule has 130 valence electrons. The maximum absolute atomic E-state index is 12.5. The molecule has 1 amide bonds. The molecule has 0 radical (unpaired) electrons. The summed E-state index contributed by atoms with van der Waals surface area (Å²) < 4.78 is 2.98. The third-order valence-electron chi connectivity index (χ3n) is 4.51. The van der Waals surface area contributed by atoms with E-state index in [2.05, 4.69) is 31.9 Å². The van der Waals surface area contributed by atoms with E-state index in [1.165, 1.54) is 4.70 Å². The number of amides is 1. The molecule has 0 saturated heterocycles. The number of nitrogens with one attached hydrogen (secondary N) is 1. The van der Waals surface area contributed by atoms with Crippen molar-refractivity contribution in [1.82, 2.24) is 30.5 Å². The molecule has 1 atom stereocenters. The number of rotatable bonds is 5. The van der Waals surface area contributed by atoms with E-state index in [-0.39, 0.29) is 11.8 Å². The van der Waals surface area contributed by atoms with Gasteiger partial charge in [-0.2, -0.15) is 0 Å². The molecule has 0 spiro atoms. The molecule has 0 bridgehead atoms. The number of benzene rings is 1. The summed E-state index contributed by atoms with van der Waals surface area (Å²) in [6.07, 6.45) is 4.59. The topological polar surface area (TPSA) is 85.6 Å². The van der Waals surface area contributed by atoms with Crippen LogP contribution in [0, 0.1) is 0 Å². The van der Waals surface area contributed by atoms with E-state index in [1.807, 2.05) is 18.2 Å². The lowest BCUT2D eigenvalue weighted by Gasteiger charge is -2.13. The Labute approximate surface area is 149 Å². The summed E-state index contributed by atoms with van der Waals surface area (Å²) >= 11 is 1.73. The number of aryl methyl sites for hydroxylation is 2. The molecule has 4 rings (SSSR count). The number of hydrogen-bond donors (Lipinski definition) is 1. The van der Waals surface area contributed by atoms with Crippen molar-refractivity contribution < 1.29 is 4.79 Å². The van der Waals surface area contributed by atoms with Gasteiger partial charge < -0.3 is 5.32 Å². The molecule has 1 aliphatic heterocycles. The molecule has 25 heavy (non-hydrogen) atoms. The molecule has 1 aromatic carbocycles. The Morgan fingerprint density at radius 1 is 1.32 bits per heavy atom. The second kappa shape index (κ2) is 7.26. The summed E-state index contributed by atoms with van der Waals surface area (Å²) in [7, 11) is 0. The van der Waals surface area contributed by atoms with Crippen LogP contribution >= 0.6 is 11.3 Å². The molecule has 1 unspecified atom stereocenters. The number of para-hydroxylation sites is 1. The van der Waals surface area contributed by atoms with Crippen molar-refractivity contribution in [2.24, 2.45) is 0 Å². The number of aromatic nitrogens is 5. The van der Waals surface area contributed by atoms with Gasteiger partial charge in [-0.25, -0.2) is 9.67 Å². The standard InChI is InChI=1S/C17H20N6OS/c24-17(12-6-3-4-11-23-16(12)20-21-22-23)18-10-5-9-15-19-13-7-1-2-8-14(13)25-15/h1-2,7-8,12H,3-6,9-11H2,(H,18,24). The van der Waals surface area contributed by atoms with Gasteiger partial charge >= 0.3 is 0 Å². The van der Waals surface area contributed by atoms with Gasteiger partial charge in [-0.15, -0.1) is 16.4 Å². The second-order valence-corrected chi connectivity index (χ2v) is 7.39. The van der Waals surface area contributed by atoms with E-state index in [0.717, 1.165) is 49.2 Å². The smallest absolute Gasteiger partial charge is 0.230 e. The zero-order valence-electron chi connectivity index (χ0n) is 13.9. The highest BCUT2D eigenvalue weighted by molar-refractivity contribution is 7.18. The predicted molar refractivity (Wildman–Crippen MR) is 95.4 cm³/mol. The van der Waals surface area contributed by atoms with Crippen molar-refractivity contribution in [3.8, 4) is 0 Å². The number of nitrogens with zero attached hydrogens (tertiary/aromatic N) is 5. The number of hydrogen-bond acceptors (Lipinski definition) is 6. The van der Waals surface area contributed by atoms with Crippen LogP contribution in [0.4, 0.5) is 0 Å². The van der Waals surface area contributed by atoms with Gasteiger partial charge in [0.05, 0.1) is 21.1 Å². The maximum atomic E-state index is 12.5. The van der Waals surface area contributed by atoms with Gasteiger partial charge in [0.1, 0.15) is 0 Å². The first-order valence-corrected chi connectivity index (χ1v) is 9.51. The highest BCUT2D eigenvalue weighted by atomic mass is 32.1. The van der Waals surface area contributed by atoms with Crippen molar-refractivity contribution >= 4 is 27.5 Å². The summed E-state index contributed by atoms with van der Waals surface area (Å²) in [5.41, 5.74) is 1.05. The summed E-state index contributed by atoms with van der Waals surface area (Å²) in [6, 6.07) is 8.17. The maximum Gasteiger partial charge on any atom is 0.230 e. The molecule has 0 saturated carbocycles. The number of carbonyl (C=O) groups is 1. The van der Waals surface area contributed by atoms with Crippen molar-refractivity contribution in [2.45, 2.75) is 44.6 Å². The minimum absolute atomic E-state index is 0.0299. The normalized spacial score (nSPS) is 17.2. The van der Waals surface area contributed by atoms with Crippen LogP contribution in [0.1, 0.15) is 42.4 Å². The third-order valence-corrected chi connectivity index (χ3v) is 5.60. The minimum atomic E-state index is -0.236. The molecular formula is C17H20N6OS. The van der Waals surface area contributed by atoms with E-state index in [4.69, 9.17) is 0 Å². The van der Waals surface area contributed by atoms with Gasteiger partial charge in [-0.3, -0.25) is 4.79 Å². The SMILES string of the molecule is O=C(NCCCc1nc2ccccc2s1)C1CCCCn2nnnc21. The summed E-state index contributed by atoms with van der Waals surface area (Å²) in [5, 5.41) is 15.9. The monoisotopic (exact) mass is 356 g/mol. The quantitative estimate of drug-likeness (QED) is 0.709. The van der Waals surface area contributed by atoms with Gasteiger partial charge in [0.15, 0.2) is 5.82 Å². The molecule has 2 aromatic heterocycles. The first-order valence-electron chi connectivity index (χ1n) is 8.69. The minimum Gasteiger partial charge on any atom is -0.355 e. The Kier molecular flexibility index (Phi) is 4.69. The summed E-state index contributed by atoms with van der Waals surface area (Å²) in [5.74, 6) is 0.489. The number of thiazole rings is 1. The van der Waals surface area contributed by atoms with Crippen molar-refractivity contribution in [3.63, 3.8) is 0 Å². The second-order valence-electron chi connectivity index (χ2n) is 6.28. The van der Waals surface area contributed by atoms with Crippen LogP contribution in [0.25, 0.3) is 10.2 Å². The van der Waals surface area contributed by atoms with E-state index in [9.17, 15) is 4.79 Å². The van der Waals surface area contributed by atoms with Gasteiger partial charge in [-0.05, 0) is 41.8 Å². The summed E-state index contributed by atoms with van der Waals surface area (Å²) in [6.45, 7) is 1.44. The average Bonchev–Trinajstić information content (AvgIpc) is 3.20. The fourth-order valence-electron chi connectivity index (χ4n) is 3.21. The van der Waals surface area contributed by atoms with Crippen LogP contribution in [-0.2, 0) is 17.8 Å². The molecule has 8 heteroatoms. The van der Waals surface area contributed by atoms with Crippen LogP contribution in [0.5, 0.6) is 0 Å². The van der Waals surface area contributed by atoms with Gasteiger partial charge in [-0.1, -0.05) is 18.6 Å². The van der Waals surface area contributed by atoms with Crippen LogP contribution in [0.3, 0.4) is 0 Å². The molecule has 3 aromatic rings. The van der Waals surface area contributed by atoms with E-state index in [0.29, 0.717) is 12.4 Å². The molecule has 7 nitrogen and oxygen atoms in total. The van der Waals surface area contributed by atoms with Crippen LogP contribution in [0.15, 0.2) is 24.3 Å². The van der Waals surface area contributed by atoms with Gasteiger partial charge in [0.25, 0.3) is 0 Å². The highest BCUT2D eigenvalue weighted by Crippen LogP contribution is 2.24. The lowest BCUT2D eigenvalue weighted by molar-refractivity contribution is -0.122. The molecule has 3 heterocycles. The zero-order valence-corrected chi connectivity index (χ0v) is 14.7. The van der Waals surface area contributed by atoms with Gasteiger partial charge in [0.2, 0.25) is 5.91 Å². The van der Waals surface area contributed by atoms with Gasteiger partial charge in [0, 0.05) is 19.5 Å². The van der Waals surface area contributed by atoms with Crippen LogP contribution in [-0.4, -0.2) is 37.6 Å². The Balaban J connectivity index is 1.30. The fourth-order valence-corrected chi connectivity index (χ4v) is 4.22. The highest BCUT2D eigenvalue weighted by Gasteiger charge is 2.28.